The van der Waals surface area contributed by atoms with Gasteiger partial charge in [0.2, 0.25) is 5.95 Å². The van der Waals surface area contributed by atoms with Crippen LogP contribution >= 0.6 is 0 Å². The van der Waals surface area contributed by atoms with Gasteiger partial charge >= 0.3 is 0 Å². The third-order valence-corrected chi connectivity index (χ3v) is 4.60. The Labute approximate surface area is 157 Å². The van der Waals surface area contributed by atoms with Crippen LogP contribution in [0.25, 0.3) is 11.3 Å². The third kappa shape index (κ3) is 3.97. The average Bonchev–Trinajstić information content (AvgIpc) is 3.42. The smallest absolute Gasteiger partial charge is 0.255 e. The number of amides is 1. The maximum absolute atomic E-state index is 12.7. The number of anilines is 1. The minimum Gasteiger partial charge on any atom is -0.469 e. The summed E-state index contributed by atoms with van der Waals surface area (Å²) in [6.45, 7) is 2.38. The Balaban J connectivity index is 1.57. The molecule has 3 aromatic heterocycles. The summed E-state index contributed by atoms with van der Waals surface area (Å²) in [5, 5.41) is 2.93. The number of aromatic nitrogens is 3. The fraction of sp³-hybridized carbons (Fsp3) is 0.300. The van der Waals surface area contributed by atoms with E-state index >= 15 is 0 Å². The van der Waals surface area contributed by atoms with E-state index in [0.717, 1.165) is 37.3 Å². The maximum Gasteiger partial charge on any atom is 0.255 e. The van der Waals surface area contributed by atoms with Crippen LogP contribution in [0.1, 0.15) is 29.0 Å². The van der Waals surface area contributed by atoms with Crippen LogP contribution in [0.2, 0.25) is 0 Å². The predicted octanol–water partition coefficient (Wildman–Crippen LogP) is 2.70. The van der Waals surface area contributed by atoms with Crippen LogP contribution < -0.4 is 10.2 Å². The van der Waals surface area contributed by atoms with Gasteiger partial charge in [-0.2, -0.15) is 0 Å². The molecular weight excluding hydrogens is 342 g/mol. The van der Waals surface area contributed by atoms with Gasteiger partial charge in [-0.3, -0.25) is 9.78 Å². The first-order valence-electron chi connectivity index (χ1n) is 9.14. The van der Waals surface area contributed by atoms with Crippen molar-refractivity contribution in [3.8, 4) is 11.3 Å². The lowest BCUT2D eigenvalue weighted by molar-refractivity contribution is 0.0953. The largest absolute Gasteiger partial charge is 0.469 e. The topological polar surface area (TPSA) is 84.2 Å². The van der Waals surface area contributed by atoms with Gasteiger partial charge in [-0.05, 0) is 37.1 Å². The lowest BCUT2D eigenvalue weighted by Gasteiger charge is -2.17. The molecule has 1 aliphatic rings. The zero-order chi connectivity index (χ0) is 18.5. The molecule has 0 unspecified atom stereocenters. The van der Waals surface area contributed by atoms with E-state index < -0.39 is 0 Å². The number of nitrogens with one attached hydrogen (secondary N) is 1. The van der Waals surface area contributed by atoms with Gasteiger partial charge in [0.15, 0.2) is 0 Å². The SMILES string of the molecule is O=C(NCCc1ccco1)c1cnc(N2CCCC2)nc1-c1ccncc1. The fourth-order valence-corrected chi connectivity index (χ4v) is 3.19. The van der Waals surface area contributed by atoms with Crippen molar-refractivity contribution >= 4 is 11.9 Å². The molecule has 0 aromatic carbocycles. The standard InChI is InChI=1S/C20H21N5O2/c26-19(22-10-7-16-4-3-13-27-16)17-14-23-20(25-11-1-2-12-25)24-18(17)15-5-8-21-9-6-15/h3-6,8-9,13-14H,1-2,7,10-12H2,(H,22,26). The highest BCUT2D eigenvalue weighted by molar-refractivity contribution is 5.99. The molecule has 0 aliphatic carbocycles. The first-order valence-corrected chi connectivity index (χ1v) is 9.14. The van der Waals surface area contributed by atoms with E-state index in [0.29, 0.717) is 30.2 Å². The van der Waals surface area contributed by atoms with Crippen molar-refractivity contribution in [2.75, 3.05) is 24.5 Å². The van der Waals surface area contributed by atoms with Crippen molar-refractivity contribution in [1.82, 2.24) is 20.3 Å². The quantitative estimate of drug-likeness (QED) is 0.725. The molecule has 138 valence electrons. The predicted molar refractivity (Wildman–Crippen MR) is 101 cm³/mol. The van der Waals surface area contributed by atoms with Crippen molar-refractivity contribution in [3.63, 3.8) is 0 Å². The molecule has 0 bridgehead atoms. The summed E-state index contributed by atoms with van der Waals surface area (Å²) in [6.07, 6.45) is 9.57. The zero-order valence-electron chi connectivity index (χ0n) is 15.0. The molecule has 0 radical (unpaired) electrons. The van der Waals surface area contributed by atoms with Gasteiger partial charge in [0.1, 0.15) is 5.76 Å². The van der Waals surface area contributed by atoms with E-state index in [2.05, 4.69) is 20.2 Å². The molecule has 1 amide bonds. The van der Waals surface area contributed by atoms with Crippen molar-refractivity contribution in [1.29, 1.82) is 0 Å². The molecule has 0 spiro atoms. The minimum atomic E-state index is -0.193. The second-order valence-electron chi connectivity index (χ2n) is 6.45. The first-order chi connectivity index (χ1) is 13.3. The number of carbonyl (C=O) groups excluding carboxylic acids is 1. The van der Waals surface area contributed by atoms with E-state index in [1.165, 1.54) is 0 Å². The molecular formula is C20H21N5O2. The number of furan rings is 1. The summed E-state index contributed by atoms with van der Waals surface area (Å²) in [7, 11) is 0. The van der Waals surface area contributed by atoms with Crippen LogP contribution in [0.3, 0.4) is 0 Å². The van der Waals surface area contributed by atoms with Crippen LogP contribution in [0.4, 0.5) is 5.95 Å². The van der Waals surface area contributed by atoms with Crippen LogP contribution in [-0.4, -0.2) is 40.5 Å². The monoisotopic (exact) mass is 363 g/mol. The highest BCUT2D eigenvalue weighted by Gasteiger charge is 2.20. The molecule has 4 rings (SSSR count). The van der Waals surface area contributed by atoms with Gasteiger partial charge in [-0.1, -0.05) is 0 Å². The first kappa shape index (κ1) is 17.2. The summed E-state index contributed by atoms with van der Waals surface area (Å²) in [5.41, 5.74) is 1.94. The van der Waals surface area contributed by atoms with Crippen LogP contribution in [-0.2, 0) is 6.42 Å². The second kappa shape index (κ2) is 7.99. The number of hydrogen-bond donors (Lipinski definition) is 1. The summed E-state index contributed by atoms with van der Waals surface area (Å²) in [6, 6.07) is 7.44. The van der Waals surface area contributed by atoms with Gasteiger partial charge < -0.3 is 14.6 Å². The van der Waals surface area contributed by atoms with Crippen molar-refractivity contribution in [2.24, 2.45) is 0 Å². The molecule has 1 fully saturated rings. The Bertz CT molecular complexity index is 890. The molecule has 4 heterocycles. The van der Waals surface area contributed by atoms with E-state index in [9.17, 15) is 4.79 Å². The third-order valence-electron chi connectivity index (χ3n) is 4.60. The van der Waals surface area contributed by atoms with Crippen molar-refractivity contribution in [2.45, 2.75) is 19.3 Å². The molecule has 1 N–H and O–H groups in total. The van der Waals surface area contributed by atoms with Crippen LogP contribution in [0, 0.1) is 0 Å². The van der Waals surface area contributed by atoms with Gasteiger partial charge in [0, 0.05) is 50.2 Å². The molecule has 7 heteroatoms. The maximum atomic E-state index is 12.7. The Morgan fingerprint density at radius 2 is 2.00 bits per heavy atom. The minimum absolute atomic E-state index is 0.193. The van der Waals surface area contributed by atoms with Gasteiger partial charge in [-0.25, -0.2) is 9.97 Å². The van der Waals surface area contributed by atoms with Crippen LogP contribution in [0.5, 0.6) is 0 Å². The Morgan fingerprint density at radius 3 is 2.74 bits per heavy atom. The van der Waals surface area contributed by atoms with E-state index in [4.69, 9.17) is 9.40 Å². The molecule has 0 saturated carbocycles. The Kier molecular flexibility index (Phi) is 5.09. The summed E-state index contributed by atoms with van der Waals surface area (Å²) >= 11 is 0. The number of nitrogens with zero attached hydrogens (tertiary/aromatic N) is 4. The zero-order valence-corrected chi connectivity index (χ0v) is 15.0. The lowest BCUT2D eigenvalue weighted by Crippen LogP contribution is -2.27. The summed E-state index contributed by atoms with van der Waals surface area (Å²) < 4.78 is 5.30. The lowest BCUT2D eigenvalue weighted by atomic mass is 10.1. The molecule has 3 aromatic rings. The van der Waals surface area contributed by atoms with E-state index in [1.807, 2.05) is 24.3 Å². The van der Waals surface area contributed by atoms with E-state index in [1.54, 1.807) is 24.9 Å². The highest BCUT2D eigenvalue weighted by Crippen LogP contribution is 2.24. The summed E-state index contributed by atoms with van der Waals surface area (Å²) in [4.78, 5) is 28.1. The number of pyridine rings is 1. The number of hydrogen-bond acceptors (Lipinski definition) is 6. The molecule has 0 atom stereocenters. The molecule has 1 aliphatic heterocycles. The van der Waals surface area contributed by atoms with Gasteiger partial charge in [-0.15, -0.1) is 0 Å². The average molecular weight is 363 g/mol. The molecule has 27 heavy (non-hydrogen) atoms. The van der Waals surface area contributed by atoms with Gasteiger partial charge in [0.05, 0.1) is 17.5 Å². The summed E-state index contributed by atoms with van der Waals surface area (Å²) in [5.74, 6) is 1.32. The normalized spacial score (nSPS) is 13.7. The molecule has 7 nitrogen and oxygen atoms in total. The Hall–Kier alpha value is -3.22. The highest BCUT2D eigenvalue weighted by atomic mass is 16.3. The number of carbonyl (C=O) groups is 1. The van der Waals surface area contributed by atoms with Crippen molar-refractivity contribution in [3.05, 3.63) is 60.4 Å². The Morgan fingerprint density at radius 1 is 1.19 bits per heavy atom. The van der Waals surface area contributed by atoms with E-state index in [-0.39, 0.29) is 5.91 Å². The fourth-order valence-electron chi connectivity index (χ4n) is 3.19. The van der Waals surface area contributed by atoms with Gasteiger partial charge in [0.25, 0.3) is 5.91 Å². The number of rotatable bonds is 6. The van der Waals surface area contributed by atoms with Crippen LogP contribution in [0.15, 0.2) is 53.5 Å². The molecule has 1 saturated heterocycles. The van der Waals surface area contributed by atoms with Crippen molar-refractivity contribution < 1.29 is 9.21 Å². The second-order valence-corrected chi connectivity index (χ2v) is 6.45.